The van der Waals surface area contributed by atoms with Crippen LogP contribution in [-0.2, 0) is 5.41 Å². The Morgan fingerprint density at radius 1 is 0.882 bits per heavy atom. The summed E-state index contributed by atoms with van der Waals surface area (Å²) < 4.78 is 0. The van der Waals surface area contributed by atoms with E-state index in [2.05, 4.69) is 46.9 Å². The molecule has 7 heteroatoms. The van der Waals surface area contributed by atoms with Crippen LogP contribution >= 0.6 is 0 Å². The number of carboxylic acid groups (broad SMARTS) is 1. The molecule has 2 N–H and O–H groups in total. The average Bonchev–Trinajstić information content (AvgIpc) is 2.84. The van der Waals surface area contributed by atoms with Crippen LogP contribution in [0.3, 0.4) is 0 Å². The van der Waals surface area contributed by atoms with Crippen molar-refractivity contribution in [2.24, 2.45) is 0 Å². The topological polar surface area (TPSA) is 85.8 Å². The molecule has 0 atom stereocenters. The predicted molar refractivity (Wildman–Crippen MR) is 135 cm³/mol. The number of pyridine rings is 1. The van der Waals surface area contributed by atoms with Crippen LogP contribution in [0.4, 0.5) is 17.2 Å². The van der Waals surface area contributed by atoms with Crippen molar-refractivity contribution in [2.75, 3.05) is 41.3 Å². The molecule has 2 heterocycles. The zero-order valence-electron chi connectivity index (χ0n) is 19.8. The highest BCUT2D eigenvalue weighted by Crippen LogP contribution is 2.25. The molecule has 1 aliphatic heterocycles. The summed E-state index contributed by atoms with van der Waals surface area (Å²) in [6.45, 7) is 9.63. The number of aromatic carboxylic acids is 1. The van der Waals surface area contributed by atoms with Crippen molar-refractivity contribution >= 4 is 29.1 Å². The first-order chi connectivity index (χ1) is 16.2. The van der Waals surface area contributed by atoms with Gasteiger partial charge in [-0.2, -0.15) is 0 Å². The molecule has 0 unspecified atom stereocenters. The molecule has 2 aromatic carbocycles. The molecule has 0 radical (unpaired) electrons. The summed E-state index contributed by atoms with van der Waals surface area (Å²) >= 11 is 0. The quantitative estimate of drug-likeness (QED) is 0.579. The molecule has 1 amide bonds. The molecule has 0 spiro atoms. The largest absolute Gasteiger partial charge is 0.478 e. The highest BCUT2D eigenvalue weighted by molar-refractivity contribution is 6.04. The molecule has 0 saturated carbocycles. The number of benzene rings is 2. The number of amides is 1. The number of piperazine rings is 1. The highest BCUT2D eigenvalue weighted by Gasteiger charge is 2.19. The Balaban J connectivity index is 1.35. The number of carbonyl (C=O) groups is 2. The van der Waals surface area contributed by atoms with Gasteiger partial charge in [0.1, 0.15) is 5.82 Å². The van der Waals surface area contributed by atoms with Gasteiger partial charge in [0.05, 0.1) is 11.1 Å². The first-order valence-electron chi connectivity index (χ1n) is 11.4. The van der Waals surface area contributed by atoms with Gasteiger partial charge < -0.3 is 20.2 Å². The molecule has 176 valence electrons. The SMILES string of the molecule is CC(C)(C)c1cccc(NC(=O)c2ccc(N3CCN(c4ccc(C(=O)O)cc4)CC3)nc2)c1. The van der Waals surface area contributed by atoms with Crippen LogP contribution in [0.15, 0.2) is 66.9 Å². The minimum atomic E-state index is -0.919. The van der Waals surface area contributed by atoms with Gasteiger partial charge in [0.15, 0.2) is 0 Å². The Hall–Kier alpha value is -3.87. The molecule has 1 saturated heterocycles. The van der Waals surface area contributed by atoms with Crippen molar-refractivity contribution in [3.8, 4) is 0 Å². The maximum atomic E-state index is 12.7. The fourth-order valence-corrected chi connectivity index (χ4v) is 3.98. The summed E-state index contributed by atoms with van der Waals surface area (Å²) in [6, 6.07) is 18.6. The van der Waals surface area contributed by atoms with Gasteiger partial charge in [-0.3, -0.25) is 4.79 Å². The highest BCUT2D eigenvalue weighted by atomic mass is 16.4. The van der Waals surface area contributed by atoms with Crippen molar-refractivity contribution in [3.63, 3.8) is 0 Å². The Morgan fingerprint density at radius 3 is 2.12 bits per heavy atom. The fraction of sp³-hybridized carbons (Fsp3) is 0.296. The van der Waals surface area contributed by atoms with E-state index in [9.17, 15) is 9.59 Å². The van der Waals surface area contributed by atoms with E-state index in [4.69, 9.17) is 5.11 Å². The molecule has 0 bridgehead atoms. The van der Waals surface area contributed by atoms with Gasteiger partial charge in [0, 0.05) is 43.8 Å². The lowest BCUT2D eigenvalue weighted by Crippen LogP contribution is -2.46. The lowest BCUT2D eigenvalue weighted by atomic mass is 9.87. The molecular formula is C27H30N4O3. The first kappa shape index (κ1) is 23.3. The Labute approximate surface area is 200 Å². The zero-order chi connectivity index (χ0) is 24.3. The number of aromatic nitrogens is 1. The molecule has 3 aromatic rings. The third kappa shape index (κ3) is 5.36. The minimum Gasteiger partial charge on any atom is -0.478 e. The molecular weight excluding hydrogens is 428 g/mol. The zero-order valence-corrected chi connectivity index (χ0v) is 19.8. The van der Waals surface area contributed by atoms with Crippen molar-refractivity contribution in [1.82, 2.24) is 4.98 Å². The average molecular weight is 459 g/mol. The summed E-state index contributed by atoms with van der Waals surface area (Å²) in [5, 5.41) is 12.0. The summed E-state index contributed by atoms with van der Waals surface area (Å²) in [7, 11) is 0. The van der Waals surface area contributed by atoms with Gasteiger partial charge in [0.2, 0.25) is 0 Å². The van der Waals surface area contributed by atoms with Crippen LogP contribution in [0.1, 0.15) is 47.1 Å². The normalized spacial score (nSPS) is 14.1. The third-order valence-electron chi connectivity index (χ3n) is 6.08. The van der Waals surface area contributed by atoms with Crippen molar-refractivity contribution in [3.05, 3.63) is 83.6 Å². The molecule has 1 aliphatic rings. The van der Waals surface area contributed by atoms with Crippen LogP contribution in [0.25, 0.3) is 0 Å². The van der Waals surface area contributed by atoms with Crippen LogP contribution < -0.4 is 15.1 Å². The smallest absolute Gasteiger partial charge is 0.335 e. The number of carbonyl (C=O) groups excluding carboxylic acids is 1. The van der Waals surface area contributed by atoms with Crippen LogP contribution in [0.2, 0.25) is 0 Å². The van der Waals surface area contributed by atoms with E-state index in [1.54, 1.807) is 18.3 Å². The predicted octanol–water partition coefficient (Wildman–Crippen LogP) is 4.66. The number of anilines is 3. The van der Waals surface area contributed by atoms with E-state index in [1.807, 2.05) is 42.5 Å². The lowest BCUT2D eigenvalue weighted by molar-refractivity contribution is 0.0696. The Kier molecular flexibility index (Phi) is 6.54. The number of rotatable bonds is 5. The van der Waals surface area contributed by atoms with E-state index < -0.39 is 5.97 Å². The molecule has 34 heavy (non-hydrogen) atoms. The van der Waals surface area contributed by atoms with Gasteiger partial charge in [-0.05, 0) is 59.5 Å². The number of hydrogen-bond donors (Lipinski definition) is 2. The Morgan fingerprint density at radius 2 is 1.53 bits per heavy atom. The molecule has 7 nitrogen and oxygen atoms in total. The Bertz CT molecular complexity index is 1160. The van der Waals surface area contributed by atoms with Gasteiger partial charge >= 0.3 is 5.97 Å². The lowest BCUT2D eigenvalue weighted by Gasteiger charge is -2.36. The standard InChI is InChI=1S/C27H30N4O3/c1-27(2,3)21-5-4-6-22(17-21)29-25(32)20-9-12-24(28-18-20)31-15-13-30(14-16-31)23-10-7-19(8-11-23)26(33)34/h4-12,17-18H,13-16H2,1-3H3,(H,29,32)(H,33,34). The van der Waals surface area contributed by atoms with Gasteiger partial charge in [-0.15, -0.1) is 0 Å². The van der Waals surface area contributed by atoms with Crippen LogP contribution in [0, 0.1) is 0 Å². The second-order valence-corrected chi connectivity index (χ2v) is 9.52. The summed E-state index contributed by atoms with van der Waals surface area (Å²) in [5.41, 5.74) is 3.76. The second kappa shape index (κ2) is 9.55. The monoisotopic (exact) mass is 458 g/mol. The summed E-state index contributed by atoms with van der Waals surface area (Å²) in [6.07, 6.45) is 1.62. The van der Waals surface area contributed by atoms with Crippen LogP contribution in [-0.4, -0.2) is 48.1 Å². The number of carboxylic acids is 1. The molecule has 1 fully saturated rings. The van der Waals surface area contributed by atoms with E-state index >= 15 is 0 Å². The van der Waals surface area contributed by atoms with Gasteiger partial charge in [0.25, 0.3) is 5.91 Å². The number of hydrogen-bond acceptors (Lipinski definition) is 5. The number of nitrogens with one attached hydrogen (secondary N) is 1. The van der Waals surface area contributed by atoms with Gasteiger partial charge in [-0.1, -0.05) is 32.9 Å². The van der Waals surface area contributed by atoms with Crippen molar-refractivity contribution in [2.45, 2.75) is 26.2 Å². The summed E-state index contributed by atoms with van der Waals surface area (Å²) in [4.78, 5) is 32.7. The maximum absolute atomic E-state index is 12.7. The van der Waals surface area contributed by atoms with E-state index in [0.717, 1.165) is 48.9 Å². The van der Waals surface area contributed by atoms with Crippen molar-refractivity contribution in [1.29, 1.82) is 0 Å². The maximum Gasteiger partial charge on any atom is 0.335 e. The van der Waals surface area contributed by atoms with E-state index in [0.29, 0.717) is 5.56 Å². The van der Waals surface area contributed by atoms with E-state index in [-0.39, 0.29) is 16.9 Å². The van der Waals surface area contributed by atoms with Crippen LogP contribution in [0.5, 0.6) is 0 Å². The number of nitrogens with zero attached hydrogens (tertiary/aromatic N) is 3. The van der Waals surface area contributed by atoms with Crippen molar-refractivity contribution < 1.29 is 14.7 Å². The first-order valence-corrected chi connectivity index (χ1v) is 11.4. The summed E-state index contributed by atoms with van der Waals surface area (Å²) in [5.74, 6) is -0.259. The minimum absolute atomic E-state index is 0.00981. The van der Waals surface area contributed by atoms with E-state index in [1.165, 1.54) is 0 Å². The third-order valence-corrected chi connectivity index (χ3v) is 6.08. The molecule has 1 aromatic heterocycles. The van der Waals surface area contributed by atoms with Gasteiger partial charge in [-0.25, -0.2) is 9.78 Å². The molecule has 4 rings (SSSR count). The molecule has 0 aliphatic carbocycles. The second-order valence-electron chi connectivity index (χ2n) is 9.52. The fourth-order valence-electron chi connectivity index (χ4n) is 3.98.